The fraction of sp³-hybridized carbons (Fsp3) is 0.786. The first-order valence-electron chi connectivity index (χ1n) is 6.93. The third-order valence-corrected chi connectivity index (χ3v) is 4.04. The first kappa shape index (κ1) is 14.5. The van der Waals surface area contributed by atoms with Crippen LogP contribution in [-0.2, 0) is 14.3 Å². The number of ether oxygens (including phenoxy) is 2. The average Bonchev–Trinajstić information content (AvgIpc) is 2.87. The molecule has 2 rings (SSSR count). The van der Waals surface area contributed by atoms with E-state index in [1.165, 1.54) is 0 Å². The van der Waals surface area contributed by atoms with Crippen LogP contribution in [0.1, 0.15) is 20.3 Å². The smallest absolute Gasteiger partial charge is 0.240 e. The molecule has 0 radical (unpaired) electrons. The molecule has 5 heteroatoms. The highest BCUT2D eigenvalue weighted by atomic mass is 16.5. The van der Waals surface area contributed by atoms with Gasteiger partial charge in [0.05, 0.1) is 30.9 Å². The summed E-state index contributed by atoms with van der Waals surface area (Å²) in [5, 5.41) is 3.10. The number of rotatable bonds is 4. The molecule has 0 bridgehead atoms. The van der Waals surface area contributed by atoms with Gasteiger partial charge in [-0.15, -0.1) is 6.58 Å². The zero-order valence-electron chi connectivity index (χ0n) is 11.9. The predicted molar refractivity (Wildman–Crippen MR) is 73.0 cm³/mol. The summed E-state index contributed by atoms with van der Waals surface area (Å²) in [6.45, 7) is 11.3. The van der Waals surface area contributed by atoms with Crippen LogP contribution in [0.2, 0.25) is 0 Å². The summed E-state index contributed by atoms with van der Waals surface area (Å²) in [7, 11) is 0. The number of hydrogen-bond acceptors (Lipinski definition) is 4. The van der Waals surface area contributed by atoms with E-state index in [4.69, 9.17) is 9.47 Å². The van der Waals surface area contributed by atoms with E-state index in [-0.39, 0.29) is 18.1 Å². The Morgan fingerprint density at radius 1 is 1.37 bits per heavy atom. The molecule has 2 atom stereocenters. The van der Waals surface area contributed by atoms with Crippen molar-refractivity contribution in [1.29, 1.82) is 0 Å². The van der Waals surface area contributed by atoms with Crippen LogP contribution < -0.4 is 5.32 Å². The molecule has 0 unspecified atom stereocenters. The molecule has 5 nitrogen and oxygen atoms in total. The summed E-state index contributed by atoms with van der Waals surface area (Å²) in [5.74, 6) is 0.0525. The van der Waals surface area contributed by atoms with Crippen molar-refractivity contribution in [2.45, 2.75) is 38.0 Å². The van der Waals surface area contributed by atoms with E-state index < -0.39 is 5.54 Å². The molecule has 0 aliphatic carbocycles. The number of hydrogen-bond donors (Lipinski definition) is 1. The van der Waals surface area contributed by atoms with E-state index in [1.54, 1.807) is 6.08 Å². The molecule has 19 heavy (non-hydrogen) atoms. The van der Waals surface area contributed by atoms with Crippen molar-refractivity contribution in [3.63, 3.8) is 0 Å². The van der Waals surface area contributed by atoms with E-state index in [1.807, 2.05) is 13.8 Å². The van der Waals surface area contributed by atoms with E-state index in [0.717, 1.165) is 19.5 Å². The Bertz CT molecular complexity index is 338. The molecule has 2 fully saturated rings. The summed E-state index contributed by atoms with van der Waals surface area (Å²) >= 11 is 0. The number of amides is 1. The number of nitrogens with one attached hydrogen (secondary N) is 1. The predicted octanol–water partition coefficient (Wildman–Crippen LogP) is 0.557. The van der Waals surface area contributed by atoms with Crippen molar-refractivity contribution in [3.05, 3.63) is 12.7 Å². The highest BCUT2D eigenvalue weighted by molar-refractivity contribution is 5.85. The maximum Gasteiger partial charge on any atom is 0.240 e. The van der Waals surface area contributed by atoms with Crippen molar-refractivity contribution in [2.75, 3.05) is 32.9 Å². The third-order valence-electron chi connectivity index (χ3n) is 4.04. The number of carbonyl (C=O) groups excluding carboxylic acids is 1. The molecular weight excluding hydrogens is 244 g/mol. The van der Waals surface area contributed by atoms with Gasteiger partial charge in [0.25, 0.3) is 0 Å². The summed E-state index contributed by atoms with van der Waals surface area (Å²) in [6.07, 6.45) is 2.55. The van der Waals surface area contributed by atoms with Gasteiger partial charge < -0.3 is 14.8 Å². The molecule has 1 amide bonds. The lowest BCUT2D eigenvalue weighted by Gasteiger charge is -2.40. The molecule has 2 aliphatic heterocycles. The Labute approximate surface area is 114 Å². The van der Waals surface area contributed by atoms with Crippen LogP contribution >= 0.6 is 0 Å². The van der Waals surface area contributed by atoms with Gasteiger partial charge in [0, 0.05) is 19.7 Å². The maximum absolute atomic E-state index is 12.5. The first-order valence-corrected chi connectivity index (χ1v) is 6.93. The minimum absolute atomic E-state index is 0.0466. The highest BCUT2D eigenvalue weighted by Crippen LogP contribution is 2.19. The van der Waals surface area contributed by atoms with Gasteiger partial charge in [0.1, 0.15) is 0 Å². The van der Waals surface area contributed by atoms with Crippen LogP contribution in [0.5, 0.6) is 0 Å². The minimum atomic E-state index is -0.516. The summed E-state index contributed by atoms with van der Waals surface area (Å²) in [6, 6.07) is 0.0466. The Balaban J connectivity index is 1.95. The van der Waals surface area contributed by atoms with Gasteiger partial charge in [-0.05, 0) is 20.3 Å². The monoisotopic (exact) mass is 268 g/mol. The summed E-state index contributed by atoms with van der Waals surface area (Å²) in [4.78, 5) is 14.7. The largest absolute Gasteiger partial charge is 0.379 e. The SMILES string of the molecule is C=C[C@@H]1OCC[C@H]1NC(=O)C(C)(C)N1CCOCC1. The fourth-order valence-electron chi connectivity index (χ4n) is 2.61. The molecule has 2 heterocycles. The molecule has 108 valence electrons. The van der Waals surface area contributed by atoms with Gasteiger partial charge in [0.15, 0.2) is 0 Å². The second kappa shape index (κ2) is 6.03. The number of carbonyl (C=O) groups is 1. The van der Waals surface area contributed by atoms with Gasteiger partial charge in [-0.3, -0.25) is 9.69 Å². The average molecular weight is 268 g/mol. The maximum atomic E-state index is 12.5. The highest BCUT2D eigenvalue weighted by Gasteiger charge is 2.38. The van der Waals surface area contributed by atoms with E-state index in [2.05, 4.69) is 16.8 Å². The minimum Gasteiger partial charge on any atom is -0.379 e. The second-order valence-corrected chi connectivity index (χ2v) is 5.60. The van der Waals surface area contributed by atoms with Crippen LogP contribution in [0.3, 0.4) is 0 Å². The molecule has 2 aliphatic rings. The Kier molecular flexibility index (Phi) is 4.60. The molecule has 0 aromatic heterocycles. The zero-order chi connectivity index (χ0) is 13.9. The zero-order valence-corrected chi connectivity index (χ0v) is 11.9. The lowest BCUT2D eigenvalue weighted by atomic mass is 9.99. The van der Waals surface area contributed by atoms with Gasteiger partial charge in [-0.2, -0.15) is 0 Å². The Hall–Kier alpha value is -0.910. The van der Waals surface area contributed by atoms with Crippen molar-refractivity contribution < 1.29 is 14.3 Å². The van der Waals surface area contributed by atoms with Crippen LogP contribution in [-0.4, -0.2) is 61.4 Å². The van der Waals surface area contributed by atoms with Crippen LogP contribution in [0.4, 0.5) is 0 Å². The lowest BCUT2D eigenvalue weighted by molar-refractivity contribution is -0.135. The van der Waals surface area contributed by atoms with Gasteiger partial charge >= 0.3 is 0 Å². The lowest BCUT2D eigenvalue weighted by Crippen LogP contribution is -2.60. The number of nitrogens with zero attached hydrogens (tertiary/aromatic N) is 1. The van der Waals surface area contributed by atoms with E-state index in [0.29, 0.717) is 19.8 Å². The van der Waals surface area contributed by atoms with Crippen LogP contribution in [0, 0.1) is 0 Å². The van der Waals surface area contributed by atoms with Crippen LogP contribution in [0.15, 0.2) is 12.7 Å². The number of morpholine rings is 1. The molecule has 0 aromatic rings. The Morgan fingerprint density at radius 3 is 2.68 bits per heavy atom. The van der Waals surface area contributed by atoms with Crippen molar-refractivity contribution >= 4 is 5.91 Å². The second-order valence-electron chi connectivity index (χ2n) is 5.60. The normalized spacial score (nSPS) is 29.2. The standard InChI is InChI=1S/C14H24N2O3/c1-4-12-11(5-8-19-12)15-13(17)14(2,3)16-6-9-18-10-7-16/h4,11-12H,1,5-10H2,2-3H3,(H,15,17)/t11-,12+/m1/s1. The first-order chi connectivity index (χ1) is 9.05. The van der Waals surface area contributed by atoms with E-state index in [9.17, 15) is 4.79 Å². The Morgan fingerprint density at radius 2 is 2.05 bits per heavy atom. The van der Waals surface area contributed by atoms with Gasteiger partial charge in [0.2, 0.25) is 5.91 Å². The quantitative estimate of drug-likeness (QED) is 0.757. The van der Waals surface area contributed by atoms with Crippen LogP contribution in [0.25, 0.3) is 0 Å². The fourth-order valence-corrected chi connectivity index (χ4v) is 2.61. The van der Waals surface area contributed by atoms with Crippen molar-refractivity contribution in [1.82, 2.24) is 10.2 Å². The van der Waals surface area contributed by atoms with Crippen molar-refractivity contribution in [3.8, 4) is 0 Å². The molecule has 0 aromatic carbocycles. The van der Waals surface area contributed by atoms with Gasteiger partial charge in [-0.25, -0.2) is 0 Å². The summed E-state index contributed by atoms with van der Waals surface area (Å²) < 4.78 is 10.8. The molecule has 0 spiro atoms. The molecular formula is C14H24N2O3. The van der Waals surface area contributed by atoms with Crippen molar-refractivity contribution in [2.24, 2.45) is 0 Å². The molecule has 1 N–H and O–H groups in total. The third kappa shape index (κ3) is 3.16. The van der Waals surface area contributed by atoms with Gasteiger partial charge in [-0.1, -0.05) is 6.08 Å². The summed E-state index contributed by atoms with van der Waals surface area (Å²) in [5.41, 5.74) is -0.516. The topological polar surface area (TPSA) is 50.8 Å². The molecule has 0 saturated carbocycles. The van der Waals surface area contributed by atoms with E-state index >= 15 is 0 Å². The molecule has 2 saturated heterocycles.